The molecule has 0 heterocycles. The predicted molar refractivity (Wildman–Crippen MR) is 226 cm³/mol. The van der Waals surface area contributed by atoms with Crippen LogP contribution >= 0.6 is 0 Å². The molecule has 0 fully saturated rings. The minimum atomic E-state index is -0.241. The molecule has 0 amide bonds. The van der Waals surface area contributed by atoms with Gasteiger partial charge in [0.05, 0.1) is 0 Å². The highest BCUT2D eigenvalue weighted by Crippen LogP contribution is 2.56. The Bertz CT molecular complexity index is 2760. The highest BCUT2D eigenvalue weighted by Gasteiger charge is 2.39. The van der Waals surface area contributed by atoms with Gasteiger partial charge in [0.15, 0.2) is 0 Å². The van der Waals surface area contributed by atoms with Gasteiger partial charge in [-0.15, -0.1) is 0 Å². The Morgan fingerprint density at radius 3 is 1.49 bits per heavy atom. The van der Waals surface area contributed by atoms with Crippen LogP contribution in [0.1, 0.15) is 25.0 Å². The molecule has 1 aliphatic rings. The second-order valence-electron chi connectivity index (χ2n) is 14.6. The number of anilines is 6. The van der Waals surface area contributed by atoms with E-state index in [0.717, 1.165) is 34.1 Å². The smallest absolute Gasteiger partial charge is 0.0468 e. The van der Waals surface area contributed by atoms with Crippen LogP contribution in [0.3, 0.4) is 0 Å². The number of nitrogens with zero attached hydrogens (tertiary/aromatic N) is 2. The van der Waals surface area contributed by atoms with Gasteiger partial charge in [0.25, 0.3) is 0 Å². The molecule has 2 nitrogen and oxygen atoms in total. The first-order valence-electron chi connectivity index (χ1n) is 18.4. The largest absolute Gasteiger partial charge is 0.310 e. The fourth-order valence-electron chi connectivity index (χ4n) is 8.73. The van der Waals surface area contributed by atoms with E-state index >= 15 is 0 Å². The summed E-state index contributed by atoms with van der Waals surface area (Å²) in [6, 6.07) is 70.7. The van der Waals surface area contributed by atoms with Crippen LogP contribution in [-0.2, 0) is 5.41 Å². The maximum absolute atomic E-state index is 2.44. The van der Waals surface area contributed by atoms with Gasteiger partial charge in [-0.05, 0) is 127 Å². The van der Waals surface area contributed by atoms with Crippen molar-refractivity contribution in [3.05, 3.63) is 205 Å². The normalized spacial score (nSPS) is 12.9. The third-order valence-corrected chi connectivity index (χ3v) is 11.1. The van der Waals surface area contributed by atoms with E-state index in [-0.39, 0.29) is 5.41 Å². The molecule has 0 spiro atoms. The summed E-state index contributed by atoms with van der Waals surface area (Å²) in [6.45, 7) is 4.82. The minimum absolute atomic E-state index is 0.241. The molecule has 252 valence electrons. The molecule has 0 atom stereocenters. The van der Waals surface area contributed by atoms with E-state index in [4.69, 9.17) is 0 Å². The van der Waals surface area contributed by atoms with E-state index in [1.807, 2.05) is 0 Å². The zero-order valence-electron chi connectivity index (χ0n) is 29.9. The summed E-state index contributed by atoms with van der Waals surface area (Å²) >= 11 is 0. The highest BCUT2D eigenvalue weighted by atomic mass is 15.1. The van der Waals surface area contributed by atoms with Crippen molar-refractivity contribution >= 4 is 66.4 Å². The van der Waals surface area contributed by atoms with Crippen LogP contribution in [0.2, 0.25) is 0 Å². The molecule has 0 unspecified atom stereocenters. The predicted octanol–water partition coefficient (Wildman–Crippen LogP) is 14.4. The Hall–Kier alpha value is -6.64. The Balaban J connectivity index is 1.17. The van der Waals surface area contributed by atoms with Gasteiger partial charge in [-0.2, -0.15) is 0 Å². The molecule has 10 rings (SSSR count). The standard InChI is InChI=1S/C51H38N2/c1-51(2)48-34-42(53(39-22-10-5-11-23-39)40-27-26-35-16-12-13-17-36(35)32-40)29-31-46(48)49-44-25-15-14-24-43(44)47-33-41(28-30-45(47)50(49)51)52(37-18-6-3-7-19-37)38-20-8-4-9-21-38/h3-34H,1-2H3. The lowest BCUT2D eigenvalue weighted by Crippen LogP contribution is -2.17. The average Bonchev–Trinajstić information content (AvgIpc) is 3.45. The molecule has 0 aliphatic heterocycles. The fraction of sp³-hybridized carbons (Fsp3) is 0.0588. The summed E-state index contributed by atoms with van der Waals surface area (Å²) in [5.74, 6) is 0. The molecule has 9 aromatic carbocycles. The average molecular weight is 679 g/mol. The van der Waals surface area contributed by atoms with Crippen molar-refractivity contribution in [3.8, 4) is 11.1 Å². The van der Waals surface area contributed by atoms with E-state index in [2.05, 4.69) is 218 Å². The summed E-state index contributed by atoms with van der Waals surface area (Å²) in [5.41, 5.74) is 12.0. The van der Waals surface area contributed by atoms with Crippen molar-refractivity contribution in [3.63, 3.8) is 0 Å². The second kappa shape index (κ2) is 12.3. The van der Waals surface area contributed by atoms with E-state index in [1.54, 1.807) is 0 Å². The Morgan fingerprint density at radius 2 is 0.830 bits per heavy atom. The summed E-state index contributed by atoms with van der Waals surface area (Å²) in [7, 11) is 0. The number of benzene rings is 9. The zero-order chi connectivity index (χ0) is 35.5. The van der Waals surface area contributed by atoms with Crippen LogP contribution in [0.25, 0.3) is 43.4 Å². The van der Waals surface area contributed by atoms with Crippen LogP contribution in [0, 0.1) is 0 Å². The van der Waals surface area contributed by atoms with Crippen molar-refractivity contribution < 1.29 is 0 Å². The minimum Gasteiger partial charge on any atom is -0.310 e. The monoisotopic (exact) mass is 678 g/mol. The second-order valence-corrected chi connectivity index (χ2v) is 14.6. The van der Waals surface area contributed by atoms with Crippen molar-refractivity contribution in [1.82, 2.24) is 0 Å². The summed E-state index contributed by atoms with van der Waals surface area (Å²) in [6.07, 6.45) is 0. The maximum atomic E-state index is 2.44. The Morgan fingerprint density at radius 1 is 0.340 bits per heavy atom. The number of hydrogen-bond donors (Lipinski definition) is 0. The van der Waals surface area contributed by atoms with Crippen LogP contribution in [0.5, 0.6) is 0 Å². The zero-order valence-corrected chi connectivity index (χ0v) is 29.9. The first-order valence-corrected chi connectivity index (χ1v) is 18.4. The molecule has 0 aromatic heterocycles. The lowest BCUT2D eigenvalue weighted by atomic mass is 9.79. The molecule has 0 N–H and O–H groups in total. The number of para-hydroxylation sites is 3. The maximum Gasteiger partial charge on any atom is 0.0468 e. The van der Waals surface area contributed by atoms with Gasteiger partial charge in [0, 0.05) is 39.5 Å². The number of rotatable bonds is 6. The van der Waals surface area contributed by atoms with Crippen LogP contribution in [0.4, 0.5) is 34.1 Å². The van der Waals surface area contributed by atoms with Gasteiger partial charge in [0.1, 0.15) is 0 Å². The van der Waals surface area contributed by atoms with Crippen molar-refractivity contribution in [1.29, 1.82) is 0 Å². The van der Waals surface area contributed by atoms with Gasteiger partial charge in [-0.1, -0.05) is 135 Å². The molecule has 0 radical (unpaired) electrons. The van der Waals surface area contributed by atoms with E-state index in [0.29, 0.717) is 0 Å². The molecular weight excluding hydrogens is 641 g/mol. The Labute approximate surface area is 310 Å². The molecule has 2 heteroatoms. The number of fused-ring (bicyclic) bond motifs is 9. The molecule has 9 aromatic rings. The summed E-state index contributed by atoms with van der Waals surface area (Å²) in [5, 5.41) is 7.63. The fourth-order valence-corrected chi connectivity index (χ4v) is 8.73. The first kappa shape index (κ1) is 31.1. The van der Waals surface area contributed by atoms with Gasteiger partial charge >= 0.3 is 0 Å². The first-order chi connectivity index (χ1) is 26.1. The molecule has 1 aliphatic carbocycles. The lowest BCUT2D eigenvalue weighted by Gasteiger charge is -2.29. The summed E-state index contributed by atoms with van der Waals surface area (Å²) < 4.78 is 0. The van der Waals surface area contributed by atoms with E-state index in [9.17, 15) is 0 Å². The van der Waals surface area contributed by atoms with Crippen LogP contribution < -0.4 is 9.80 Å². The van der Waals surface area contributed by atoms with Crippen molar-refractivity contribution in [2.45, 2.75) is 19.3 Å². The molecular formula is C51H38N2. The lowest BCUT2D eigenvalue weighted by molar-refractivity contribution is 0.666. The SMILES string of the molecule is CC1(C)c2cc(N(c3ccccc3)c3ccc4ccccc4c3)ccc2-c2c1c1ccc(N(c3ccccc3)c3ccccc3)cc1c1ccccc21. The van der Waals surface area contributed by atoms with Gasteiger partial charge in [-0.25, -0.2) is 0 Å². The topological polar surface area (TPSA) is 6.48 Å². The summed E-state index contributed by atoms with van der Waals surface area (Å²) in [4.78, 5) is 4.76. The van der Waals surface area contributed by atoms with E-state index in [1.165, 1.54) is 54.6 Å². The third-order valence-electron chi connectivity index (χ3n) is 11.1. The molecule has 0 saturated heterocycles. The molecule has 0 bridgehead atoms. The quantitative estimate of drug-likeness (QED) is 0.162. The molecule has 0 saturated carbocycles. The van der Waals surface area contributed by atoms with Crippen molar-refractivity contribution in [2.75, 3.05) is 9.80 Å². The van der Waals surface area contributed by atoms with Gasteiger partial charge in [-0.3, -0.25) is 0 Å². The number of hydrogen-bond acceptors (Lipinski definition) is 2. The van der Waals surface area contributed by atoms with E-state index < -0.39 is 0 Å². The van der Waals surface area contributed by atoms with Gasteiger partial charge in [0.2, 0.25) is 0 Å². The van der Waals surface area contributed by atoms with Gasteiger partial charge < -0.3 is 9.80 Å². The third kappa shape index (κ3) is 5.02. The molecule has 53 heavy (non-hydrogen) atoms. The Kier molecular flexibility index (Phi) is 7.19. The van der Waals surface area contributed by atoms with Crippen LogP contribution in [0.15, 0.2) is 194 Å². The van der Waals surface area contributed by atoms with Crippen LogP contribution in [-0.4, -0.2) is 0 Å². The highest BCUT2D eigenvalue weighted by molar-refractivity contribution is 6.19. The van der Waals surface area contributed by atoms with Crippen molar-refractivity contribution in [2.24, 2.45) is 0 Å².